The maximum atomic E-state index is 13.8. The van der Waals surface area contributed by atoms with Gasteiger partial charge in [0, 0.05) is 26.2 Å². The Balaban J connectivity index is 1.55. The molecule has 2 heterocycles. The summed E-state index contributed by atoms with van der Waals surface area (Å²) in [7, 11) is 0. The number of piperazine rings is 1. The molecule has 3 rings (SSSR count). The van der Waals surface area contributed by atoms with Crippen LogP contribution in [0.4, 0.5) is 15.9 Å². The number of amides is 1. The molecule has 1 amide bonds. The molecule has 0 N–H and O–H groups in total. The summed E-state index contributed by atoms with van der Waals surface area (Å²) < 4.78 is 19.1. The summed E-state index contributed by atoms with van der Waals surface area (Å²) in [6.07, 6.45) is 1.29. The molecule has 0 aliphatic carbocycles. The Morgan fingerprint density at radius 3 is 2.62 bits per heavy atom. The lowest BCUT2D eigenvalue weighted by Gasteiger charge is -2.36. The number of ether oxygens (including phenoxy) is 1. The standard InChI is InChI=1S/C17H17FN4O4/c18-13-4-1-2-5-14(13)20-8-10-21(11-9-20)16(23)12-26-15-6-3-7-19-17(15)22(24)25/h1-7H,8-12H2. The summed E-state index contributed by atoms with van der Waals surface area (Å²) in [5.41, 5.74) is 0.516. The lowest BCUT2D eigenvalue weighted by atomic mass is 10.2. The summed E-state index contributed by atoms with van der Waals surface area (Å²) in [6.45, 7) is 1.53. The number of carbonyl (C=O) groups is 1. The molecule has 0 atom stereocenters. The molecule has 0 radical (unpaired) electrons. The molecule has 1 aliphatic heterocycles. The molecule has 0 saturated carbocycles. The van der Waals surface area contributed by atoms with Crippen molar-refractivity contribution >= 4 is 17.4 Å². The number of halogens is 1. The maximum absolute atomic E-state index is 13.8. The number of rotatable bonds is 5. The van der Waals surface area contributed by atoms with E-state index in [1.54, 1.807) is 23.1 Å². The molecule has 8 nitrogen and oxygen atoms in total. The molecule has 1 saturated heterocycles. The fourth-order valence-electron chi connectivity index (χ4n) is 2.77. The Morgan fingerprint density at radius 1 is 1.19 bits per heavy atom. The highest BCUT2D eigenvalue weighted by Crippen LogP contribution is 2.23. The minimum Gasteiger partial charge on any atom is -0.476 e. The topological polar surface area (TPSA) is 88.8 Å². The molecule has 0 bridgehead atoms. The van der Waals surface area contributed by atoms with Gasteiger partial charge in [-0.25, -0.2) is 4.39 Å². The van der Waals surface area contributed by atoms with Crippen LogP contribution in [0.3, 0.4) is 0 Å². The Labute approximate surface area is 149 Å². The highest BCUT2D eigenvalue weighted by molar-refractivity contribution is 5.78. The zero-order chi connectivity index (χ0) is 18.5. The summed E-state index contributed by atoms with van der Waals surface area (Å²) in [6, 6.07) is 9.41. The van der Waals surface area contributed by atoms with Gasteiger partial charge >= 0.3 is 5.82 Å². The van der Waals surface area contributed by atoms with E-state index in [1.165, 1.54) is 24.4 Å². The van der Waals surface area contributed by atoms with E-state index in [4.69, 9.17) is 4.74 Å². The third-order valence-electron chi connectivity index (χ3n) is 4.10. The quantitative estimate of drug-likeness (QED) is 0.597. The normalized spacial score (nSPS) is 14.2. The van der Waals surface area contributed by atoms with Crippen LogP contribution < -0.4 is 9.64 Å². The van der Waals surface area contributed by atoms with Crippen LogP contribution in [-0.2, 0) is 4.79 Å². The van der Waals surface area contributed by atoms with Crippen LogP contribution in [0.1, 0.15) is 0 Å². The van der Waals surface area contributed by atoms with Crippen molar-refractivity contribution in [3.8, 4) is 5.75 Å². The molecule has 1 aromatic heterocycles. The van der Waals surface area contributed by atoms with Crippen LogP contribution >= 0.6 is 0 Å². The summed E-state index contributed by atoms with van der Waals surface area (Å²) >= 11 is 0. The van der Waals surface area contributed by atoms with Crippen LogP contribution in [0, 0.1) is 15.9 Å². The van der Waals surface area contributed by atoms with Gasteiger partial charge < -0.3 is 24.7 Å². The molecule has 0 unspecified atom stereocenters. The number of para-hydroxylation sites is 1. The first-order valence-corrected chi connectivity index (χ1v) is 8.05. The summed E-state index contributed by atoms with van der Waals surface area (Å²) in [5, 5.41) is 10.9. The Morgan fingerprint density at radius 2 is 1.92 bits per heavy atom. The van der Waals surface area contributed by atoms with Crippen LogP contribution in [-0.4, -0.2) is 53.5 Å². The Hall–Kier alpha value is -3.23. The second-order valence-corrected chi connectivity index (χ2v) is 5.69. The van der Waals surface area contributed by atoms with Gasteiger partial charge in [-0.05, 0) is 34.2 Å². The van der Waals surface area contributed by atoms with Gasteiger partial charge in [-0.15, -0.1) is 0 Å². The zero-order valence-corrected chi connectivity index (χ0v) is 13.9. The molecule has 9 heteroatoms. The van der Waals surface area contributed by atoms with Gasteiger partial charge in [0.15, 0.2) is 6.61 Å². The molecule has 1 aromatic carbocycles. The summed E-state index contributed by atoms with van der Waals surface area (Å²) in [5.74, 6) is -1.05. The average Bonchev–Trinajstić information content (AvgIpc) is 2.67. The second kappa shape index (κ2) is 7.77. The van der Waals surface area contributed by atoms with Crippen LogP contribution in [0.2, 0.25) is 0 Å². The van der Waals surface area contributed by atoms with Gasteiger partial charge in [0.05, 0.1) is 5.69 Å². The zero-order valence-electron chi connectivity index (χ0n) is 13.9. The first-order chi connectivity index (χ1) is 12.6. The van der Waals surface area contributed by atoms with Crippen LogP contribution in [0.25, 0.3) is 0 Å². The average molecular weight is 360 g/mol. The van der Waals surface area contributed by atoms with E-state index in [9.17, 15) is 19.3 Å². The number of anilines is 1. The van der Waals surface area contributed by atoms with Crippen molar-refractivity contribution in [3.63, 3.8) is 0 Å². The lowest BCUT2D eigenvalue weighted by Crippen LogP contribution is -2.50. The van der Waals surface area contributed by atoms with Gasteiger partial charge in [-0.1, -0.05) is 12.1 Å². The van der Waals surface area contributed by atoms with E-state index >= 15 is 0 Å². The summed E-state index contributed by atoms with van der Waals surface area (Å²) in [4.78, 5) is 29.6. The minimum atomic E-state index is -0.660. The van der Waals surface area contributed by atoms with E-state index in [0.29, 0.717) is 31.9 Å². The predicted octanol–water partition coefficient (Wildman–Crippen LogP) is 1.86. The van der Waals surface area contributed by atoms with Crippen molar-refractivity contribution in [3.05, 3.63) is 58.5 Å². The molecular formula is C17H17FN4O4. The monoisotopic (exact) mass is 360 g/mol. The fourth-order valence-corrected chi connectivity index (χ4v) is 2.77. The van der Waals surface area contributed by atoms with Gasteiger partial charge in [-0.3, -0.25) is 4.79 Å². The van der Waals surface area contributed by atoms with Gasteiger partial charge in [0.25, 0.3) is 5.91 Å². The number of carbonyl (C=O) groups excluding carboxylic acids is 1. The SMILES string of the molecule is O=C(COc1cccnc1[N+](=O)[O-])N1CCN(c2ccccc2F)CC1. The molecule has 1 fully saturated rings. The van der Waals surface area contributed by atoms with Gasteiger partial charge in [-0.2, -0.15) is 0 Å². The molecule has 1 aliphatic rings. The number of aromatic nitrogens is 1. The molecule has 136 valence electrons. The number of benzene rings is 1. The first kappa shape index (κ1) is 17.6. The van der Waals surface area contributed by atoms with Crippen molar-refractivity contribution in [2.75, 3.05) is 37.7 Å². The van der Waals surface area contributed by atoms with E-state index in [2.05, 4.69) is 4.98 Å². The largest absolute Gasteiger partial charge is 0.476 e. The van der Waals surface area contributed by atoms with E-state index in [0.717, 1.165) is 0 Å². The van der Waals surface area contributed by atoms with Crippen molar-refractivity contribution in [2.24, 2.45) is 0 Å². The molecule has 2 aromatic rings. The Bertz CT molecular complexity index is 809. The van der Waals surface area contributed by atoms with Crippen LogP contribution in [0.5, 0.6) is 5.75 Å². The fraction of sp³-hybridized carbons (Fsp3) is 0.294. The number of nitro groups is 1. The van der Waals surface area contributed by atoms with Crippen LogP contribution in [0.15, 0.2) is 42.6 Å². The lowest BCUT2D eigenvalue weighted by molar-refractivity contribution is -0.390. The van der Waals surface area contributed by atoms with Gasteiger partial charge in [0.2, 0.25) is 5.75 Å². The van der Waals surface area contributed by atoms with Crippen molar-refractivity contribution in [2.45, 2.75) is 0 Å². The third kappa shape index (κ3) is 3.88. The number of hydrogen-bond acceptors (Lipinski definition) is 6. The van der Waals surface area contributed by atoms with Crippen molar-refractivity contribution in [1.82, 2.24) is 9.88 Å². The highest BCUT2D eigenvalue weighted by Gasteiger charge is 2.24. The predicted molar refractivity (Wildman–Crippen MR) is 91.6 cm³/mol. The maximum Gasteiger partial charge on any atom is 0.406 e. The second-order valence-electron chi connectivity index (χ2n) is 5.69. The number of nitrogens with zero attached hydrogens (tertiary/aromatic N) is 4. The van der Waals surface area contributed by atoms with E-state index in [-0.39, 0.29) is 24.1 Å². The highest BCUT2D eigenvalue weighted by atomic mass is 19.1. The minimum absolute atomic E-state index is 0.0455. The van der Waals surface area contributed by atoms with E-state index in [1.807, 2.05) is 4.90 Å². The van der Waals surface area contributed by atoms with Crippen molar-refractivity contribution < 1.29 is 18.8 Å². The number of hydrogen-bond donors (Lipinski definition) is 0. The third-order valence-corrected chi connectivity index (χ3v) is 4.10. The Kier molecular flexibility index (Phi) is 5.26. The molecular weight excluding hydrogens is 343 g/mol. The number of pyridine rings is 1. The first-order valence-electron chi connectivity index (χ1n) is 8.05. The van der Waals surface area contributed by atoms with Crippen molar-refractivity contribution in [1.29, 1.82) is 0 Å². The van der Waals surface area contributed by atoms with Gasteiger partial charge in [0.1, 0.15) is 12.0 Å². The van der Waals surface area contributed by atoms with E-state index < -0.39 is 10.7 Å². The smallest absolute Gasteiger partial charge is 0.406 e. The molecule has 0 spiro atoms. The molecule has 26 heavy (non-hydrogen) atoms.